The highest BCUT2D eigenvalue weighted by molar-refractivity contribution is 6.34. The predicted octanol–water partition coefficient (Wildman–Crippen LogP) is 2.98. The van der Waals surface area contributed by atoms with Gasteiger partial charge in [-0.2, -0.15) is 0 Å². The molecule has 6 nitrogen and oxygen atoms in total. The largest absolute Gasteiger partial charge is 0.390 e. The summed E-state index contributed by atoms with van der Waals surface area (Å²) in [5.74, 6) is 0. The van der Waals surface area contributed by atoms with Crippen molar-refractivity contribution in [3.8, 4) is 0 Å². The molecule has 0 amide bonds. The van der Waals surface area contributed by atoms with Gasteiger partial charge in [-0.1, -0.05) is 41.0 Å². The van der Waals surface area contributed by atoms with Crippen LogP contribution in [0.2, 0.25) is 5.15 Å². The fourth-order valence-corrected chi connectivity index (χ4v) is 2.23. The van der Waals surface area contributed by atoms with Gasteiger partial charge in [0.15, 0.2) is 0 Å². The minimum absolute atomic E-state index is 0.119. The Morgan fingerprint density at radius 3 is 2.70 bits per heavy atom. The molecule has 0 bridgehead atoms. The van der Waals surface area contributed by atoms with Crippen LogP contribution in [0.3, 0.4) is 0 Å². The van der Waals surface area contributed by atoms with Crippen molar-refractivity contribution in [2.24, 2.45) is 5.11 Å². The third kappa shape index (κ3) is 3.00. The molecule has 0 aliphatic rings. The van der Waals surface area contributed by atoms with Gasteiger partial charge in [-0.15, -0.1) is 0 Å². The Hall–Kier alpha value is -1.85. The Morgan fingerprint density at radius 2 is 2.00 bits per heavy atom. The molecular formula is C13H13ClN4O2. The van der Waals surface area contributed by atoms with Gasteiger partial charge in [-0.05, 0) is 17.3 Å². The van der Waals surface area contributed by atoms with Gasteiger partial charge in [0.1, 0.15) is 11.3 Å². The number of nitrogens with zero attached hydrogens (tertiary/aromatic N) is 4. The van der Waals surface area contributed by atoms with E-state index in [2.05, 4.69) is 15.0 Å². The van der Waals surface area contributed by atoms with Crippen LogP contribution >= 0.6 is 11.6 Å². The Balaban J connectivity index is 2.32. The van der Waals surface area contributed by atoms with E-state index in [0.717, 1.165) is 5.39 Å². The lowest BCUT2D eigenvalue weighted by atomic mass is 9.98. The number of benzene rings is 1. The first-order valence-electron chi connectivity index (χ1n) is 6.05. The van der Waals surface area contributed by atoms with Gasteiger partial charge in [0.2, 0.25) is 0 Å². The number of azide groups is 1. The van der Waals surface area contributed by atoms with Crippen molar-refractivity contribution in [3.63, 3.8) is 0 Å². The summed E-state index contributed by atoms with van der Waals surface area (Å²) in [6.45, 7) is 0.119. The molecule has 7 heteroatoms. The van der Waals surface area contributed by atoms with Crippen LogP contribution < -0.4 is 0 Å². The molecule has 20 heavy (non-hydrogen) atoms. The van der Waals surface area contributed by atoms with Crippen molar-refractivity contribution < 1.29 is 10.2 Å². The van der Waals surface area contributed by atoms with Crippen LogP contribution in [0.25, 0.3) is 21.2 Å². The van der Waals surface area contributed by atoms with Crippen LogP contribution in [0.5, 0.6) is 0 Å². The standard InChI is InChI=1S/C13H13ClN4O2/c14-13-9-4-2-1-3-8(9)10(7-16-13)12(20)11(19)5-6-17-18-15/h1-4,7,11-12,19-20H,5-6H2. The summed E-state index contributed by atoms with van der Waals surface area (Å²) in [5.41, 5.74) is 8.69. The third-order valence-electron chi connectivity index (χ3n) is 3.05. The highest BCUT2D eigenvalue weighted by atomic mass is 35.5. The third-order valence-corrected chi connectivity index (χ3v) is 3.35. The summed E-state index contributed by atoms with van der Waals surface area (Å²) in [6, 6.07) is 7.25. The number of hydrogen-bond donors (Lipinski definition) is 2. The highest BCUT2D eigenvalue weighted by Gasteiger charge is 2.21. The van der Waals surface area contributed by atoms with Gasteiger partial charge in [-0.25, -0.2) is 4.98 Å². The lowest BCUT2D eigenvalue weighted by molar-refractivity contribution is 0.0157. The highest BCUT2D eigenvalue weighted by Crippen LogP contribution is 2.30. The Labute approximate surface area is 120 Å². The quantitative estimate of drug-likeness (QED) is 0.383. The van der Waals surface area contributed by atoms with Crippen molar-refractivity contribution in [1.82, 2.24) is 4.98 Å². The molecule has 0 saturated heterocycles. The summed E-state index contributed by atoms with van der Waals surface area (Å²) in [7, 11) is 0. The molecule has 0 fully saturated rings. The second-order valence-corrected chi connectivity index (χ2v) is 4.66. The average molecular weight is 293 g/mol. The number of halogens is 1. The van der Waals surface area contributed by atoms with Crippen molar-refractivity contribution in [3.05, 3.63) is 51.6 Å². The van der Waals surface area contributed by atoms with E-state index in [1.165, 1.54) is 6.20 Å². The molecule has 0 aliphatic heterocycles. The van der Waals surface area contributed by atoms with E-state index in [9.17, 15) is 10.2 Å². The van der Waals surface area contributed by atoms with Gasteiger partial charge < -0.3 is 10.2 Å². The van der Waals surface area contributed by atoms with Gasteiger partial charge in [-0.3, -0.25) is 0 Å². The molecule has 2 N–H and O–H groups in total. The molecule has 0 aliphatic carbocycles. The minimum atomic E-state index is -1.11. The van der Waals surface area contributed by atoms with E-state index in [1.807, 2.05) is 18.2 Å². The van der Waals surface area contributed by atoms with Gasteiger partial charge >= 0.3 is 0 Å². The molecule has 2 rings (SSSR count). The SMILES string of the molecule is [N-]=[N+]=NCCC(O)C(O)c1cnc(Cl)c2ccccc12. The van der Waals surface area contributed by atoms with E-state index in [1.54, 1.807) is 6.07 Å². The fraction of sp³-hybridized carbons (Fsp3) is 0.308. The van der Waals surface area contributed by atoms with E-state index in [0.29, 0.717) is 16.1 Å². The smallest absolute Gasteiger partial charge is 0.136 e. The molecular weight excluding hydrogens is 280 g/mol. The molecule has 1 heterocycles. The first-order valence-corrected chi connectivity index (χ1v) is 6.43. The second kappa shape index (κ2) is 6.54. The number of fused-ring (bicyclic) bond motifs is 1. The van der Waals surface area contributed by atoms with E-state index in [4.69, 9.17) is 17.1 Å². The Kier molecular flexibility index (Phi) is 4.76. The fourth-order valence-electron chi connectivity index (χ4n) is 2.02. The lowest BCUT2D eigenvalue weighted by Gasteiger charge is -2.19. The number of rotatable bonds is 5. The molecule has 1 aromatic carbocycles. The number of aromatic nitrogens is 1. The molecule has 0 saturated carbocycles. The summed E-state index contributed by atoms with van der Waals surface area (Å²) < 4.78 is 0. The van der Waals surface area contributed by atoms with E-state index < -0.39 is 12.2 Å². The molecule has 1 aromatic heterocycles. The maximum Gasteiger partial charge on any atom is 0.136 e. The summed E-state index contributed by atoms with van der Waals surface area (Å²) in [6.07, 6.45) is -0.528. The summed E-state index contributed by atoms with van der Waals surface area (Å²) >= 11 is 6.01. The van der Waals surface area contributed by atoms with Gasteiger partial charge in [0.25, 0.3) is 0 Å². The topological polar surface area (TPSA) is 102 Å². The summed E-state index contributed by atoms with van der Waals surface area (Å²) in [4.78, 5) is 6.62. The van der Waals surface area contributed by atoms with Crippen molar-refractivity contribution in [2.75, 3.05) is 6.54 Å². The normalized spacial score (nSPS) is 13.8. The van der Waals surface area contributed by atoms with Crippen molar-refractivity contribution in [1.29, 1.82) is 0 Å². The van der Waals surface area contributed by atoms with Crippen LogP contribution in [-0.2, 0) is 0 Å². The van der Waals surface area contributed by atoms with Crippen molar-refractivity contribution in [2.45, 2.75) is 18.6 Å². The molecule has 0 spiro atoms. The van der Waals surface area contributed by atoms with Gasteiger partial charge in [0.05, 0.1) is 6.10 Å². The van der Waals surface area contributed by atoms with Crippen molar-refractivity contribution >= 4 is 22.4 Å². The first-order chi connectivity index (χ1) is 9.65. The maximum absolute atomic E-state index is 10.2. The zero-order valence-electron chi connectivity index (χ0n) is 10.5. The van der Waals surface area contributed by atoms with Crippen LogP contribution in [0, 0.1) is 0 Å². The predicted molar refractivity (Wildman–Crippen MR) is 76.3 cm³/mol. The number of aliphatic hydroxyl groups is 2. The van der Waals surface area contributed by atoms with E-state index in [-0.39, 0.29) is 13.0 Å². The molecule has 104 valence electrons. The lowest BCUT2D eigenvalue weighted by Crippen LogP contribution is -2.19. The molecule has 2 atom stereocenters. The van der Waals surface area contributed by atoms with Crippen LogP contribution in [0.4, 0.5) is 0 Å². The van der Waals surface area contributed by atoms with Gasteiger partial charge in [0, 0.05) is 28.6 Å². The number of pyridine rings is 1. The zero-order chi connectivity index (χ0) is 14.5. The Morgan fingerprint density at radius 1 is 1.30 bits per heavy atom. The number of hydrogen-bond acceptors (Lipinski definition) is 4. The molecule has 2 unspecified atom stereocenters. The molecule has 2 aromatic rings. The maximum atomic E-state index is 10.2. The second-order valence-electron chi connectivity index (χ2n) is 4.31. The van der Waals surface area contributed by atoms with Crippen LogP contribution in [-0.4, -0.2) is 27.8 Å². The van der Waals surface area contributed by atoms with Crippen LogP contribution in [0.15, 0.2) is 35.6 Å². The Bertz CT molecular complexity index is 658. The van der Waals surface area contributed by atoms with E-state index >= 15 is 0 Å². The van der Waals surface area contributed by atoms with Crippen LogP contribution in [0.1, 0.15) is 18.1 Å². The average Bonchev–Trinajstić information content (AvgIpc) is 2.47. The minimum Gasteiger partial charge on any atom is -0.390 e. The molecule has 0 radical (unpaired) electrons. The monoisotopic (exact) mass is 292 g/mol. The zero-order valence-corrected chi connectivity index (χ0v) is 11.3. The summed E-state index contributed by atoms with van der Waals surface area (Å²) in [5, 5.41) is 25.3. The number of aliphatic hydroxyl groups excluding tert-OH is 2. The first kappa shape index (κ1) is 14.6.